The number of benzene rings is 1. The monoisotopic (exact) mass is 283 g/mol. The fourth-order valence-corrected chi connectivity index (χ4v) is 2.82. The summed E-state index contributed by atoms with van der Waals surface area (Å²) in [6.07, 6.45) is 0.705. The maximum absolute atomic E-state index is 5.42. The van der Waals surface area contributed by atoms with Crippen LogP contribution in [0.5, 0.6) is 5.75 Å². The highest BCUT2D eigenvalue weighted by Crippen LogP contribution is 2.25. The van der Waals surface area contributed by atoms with Gasteiger partial charge in [0.25, 0.3) is 0 Å². The van der Waals surface area contributed by atoms with Crippen LogP contribution in [0.2, 0.25) is 0 Å². The first-order valence-corrected chi connectivity index (χ1v) is 7.40. The first-order chi connectivity index (χ1) is 10.2. The van der Waals surface area contributed by atoms with Gasteiger partial charge in [0.05, 0.1) is 18.5 Å². The predicted octanol–water partition coefficient (Wildman–Crippen LogP) is 2.80. The minimum Gasteiger partial charge on any atom is -0.496 e. The summed E-state index contributed by atoms with van der Waals surface area (Å²) in [5.41, 5.74) is 4.74. The Morgan fingerprint density at radius 2 is 2.00 bits per heavy atom. The molecule has 3 rings (SSSR count). The van der Waals surface area contributed by atoms with Crippen molar-refractivity contribution in [3.63, 3.8) is 0 Å². The van der Waals surface area contributed by atoms with Gasteiger partial charge in [0, 0.05) is 30.6 Å². The van der Waals surface area contributed by atoms with Crippen molar-refractivity contribution in [2.24, 2.45) is 0 Å². The van der Waals surface area contributed by atoms with Crippen molar-refractivity contribution in [1.29, 1.82) is 0 Å². The Hall–Kier alpha value is -1.94. The van der Waals surface area contributed by atoms with E-state index in [1.165, 1.54) is 11.3 Å². The van der Waals surface area contributed by atoms with E-state index in [0.717, 1.165) is 35.9 Å². The van der Waals surface area contributed by atoms with Crippen LogP contribution in [0.25, 0.3) is 0 Å². The van der Waals surface area contributed by atoms with Crippen molar-refractivity contribution < 1.29 is 4.74 Å². The van der Waals surface area contributed by atoms with Crippen molar-refractivity contribution in [1.82, 2.24) is 15.3 Å². The smallest absolute Gasteiger partial charge is 0.133 e. The third-order valence-electron chi connectivity index (χ3n) is 3.85. The van der Waals surface area contributed by atoms with Crippen LogP contribution in [0.15, 0.2) is 24.3 Å². The second kappa shape index (κ2) is 5.82. The summed E-state index contributed by atoms with van der Waals surface area (Å²) < 4.78 is 5.42. The van der Waals surface area contributed by atoms with E-state index in [0.29, 0.717) is 12.3 Å². The van der Waals surface area contributed by atoms with Crippen molar-refractivity contribution in [3.05, 3.63) is 52.6 Å². The predicted molar refractivity (Wildman–Crippen MR) is 82.5 cm³/mol. The SMILES string of the molecule is COc1ccccc1Cc1nc2c(c(C(C)C)n1)CNC2. The Labute approximate surface area is 125 Å². The van der Waals surface area contributed by atoms with Gasteiger partial charge in [0.1, 0.15) is 11.6 Å². The van der Waals surface area contributed by atoms with Crippen molar-refractivity contribution in [2.45, 2.75) is 39.3 Å². The van der Waals surface area contributed by atoms with E-state index in [9.17, 15) is 0 Å². The number of para-hydroxylation sites is 1. The summed E-state index contributed by atoms with van der Waals surface area (Å²) >= 11 is 0. The number of methoxy groups -OCH3 is 1. The average molecular weight is 283 g/mol. The molecule has 0 fully saturated rings. The Bertz CT molecular complexity index is 652. The molecule has 0 spiro atoms. The highest BCUT2D eigenvalue weighted by atomic mass is 16.5. The molecule has 110 valence electrons. The quantitative estimate of drug-likeness (QED) is 0.937. The summed E-state index contributed by atoms with van der Waals surface area (Å²) in [6, 6.07) is 8.06. The third kappa shape index (κ3) is 2.76. The van der Waals surface area contributed by atoms with E-state index < -0.39 is 0 Å². The Kier molecular flexibility index (Phi) is 3.88. The van der Waals surface area contributed by atoms with Crippen molar-refractivity contribution >= 4 is 0 Å². The minimum atomic E-state index is 0.415. The van der Waals surface area contributed by atoms with Gasteiger partial charge in [-0.3, -0.25) is 0 Å². The lowest BCUT2D eigenvalue weighted by atomic mass is 10.0. The maximum atomic E-state index is 5.42. The molecule has 0 radical (unpaired) electrons. The van der Waals surface area contributed by atoms with Gasteiger partial charge in [-0.1, -0.05) is 32.0 Å². The topological polar surface area (TPSA) is 47.0 Å². The number of fused-ring (bicyclic) bond motifs is 1. The second-order valence-electron chi connectivity index (χ2n) is 5.70. The normalized spacial score (nSPS) is 13.5. The van der Waals surface area contributed by atoms with Crippen molar-refractivity contribution in [2.75, 3.05) is 7.11 Å². The molecule has 0 unspecified atom stereocenters. The van der Waals surface area contributed by atoms with Crippen LogP contribution in [0, 0.1) is 0 Å². The first-order valence-electron chi connectivity index (χ1n) is 7.40. The van der Waals surface area contributed by atoms with Crippen LogP contribution in [-0.2, 0) is 19.5 Å². The Morgan fingerprint density at radius 1 is 1.19 bits per heavy atom. The summed E-state index contributed by atoms with van der Waals surface area (Å²) in [5.74, 6) is 2.19. The van der Waals surface area contributed by atoms with Crippen LogP contribution < -0.4 is 10.1 Å². The lowest BCUT2D eigenvalue weighted by Gasteiger charge is -2.13. The summed E-state index contributed by atoms with van der Waals surface area (Å²) in [7, 11) is 1.70. The summed E-state index contributed by atoms with van der Waals surface area (Å²) in [4.78, 5) is 9.55. The number of ether oxygens (including phenoxy) is 1. The highest BCUT2D eigenvalue weighted by Gasteiger charge is 2.20. The van der Waals surface area contributed by atoms with E-state index in [-0.39, 0.29) is 0 Å². The molecule has 21 heavy (non-hydrogen) atoms. The van der Waals surface area contributed by atoms with Gasteiger partial charge in [-0.2, -0.15) is 0 Å². The maximum Gasteiger partial charge on any atom is 0.133 e. The average Bonchev–Trinajstić information content (AvgIpc) is 2.95. The van der Waals surface area contributed by atoms with E-state index >= 15 is 0 Å². The fraction of sp³-hybridized carbons (Fsp3) is 0.412. The zero-order valence-corrected chi connectivity index (χ0v) is 12.8. The number of rotatable bonds is 4. The van der Waals surface area contributed by atoms with Crippen LogP contribution >= 0.6 is 0 Å². The zero-order valence-electron chi connectivity index (χ0n) is 12.8. The molecule has 2 heterocycles. The number of nitrogens with one attached hydrogen (secondary N) is 1. The molecule has 1 aromatic heterocycles. The standard InChI is InChI=1S/C17H21N3O/c1-11(2)17-13-9-18-10-14(13)19-16(20-17)8-12-6-4-5-7-15(12)21-3/h4-7,11,18H,8-10H2,1-3H3. The molecule has 0 saturated carbocycles. The molecular formula is C17H21N3O. The van der Waals surface area contributed by atoms with Crippen LogP contribution in [0.3, 0.4) is 0 Å². The van der Waals surface area contributed by atoms with E-state index in [2.05, 4.69) is 25.2 Å². The largest absolute Gasteiger partial charge is 0.496 e. The fourth-order valence-electron chi connectivity index (χ4n) is 2.82. The molecule has 1 N–H and O–H groups in total. The van der Waals surface area contributed by atoms with E-state index in [4.69, 9.17) is 14.7 Å². The second-order valence-corrected chi connectivity index (χ2v) is 5.70. The van der Waals surface area contributed by atoms with Crippen LogP contribution in [0.4, 0.5) is 0 Å². The van der Waals surface area contributed by atoms with Crippen LogP contribution in [-0.4, -0.2) is 17.1 Å². The molecule has 0 bridgehead atoms. The van der Waals surface area contributed by atoms with Crippen LogP contribution in [0.1, 0.15) is 48.1 Å². The lowest BCUT2D eigenvalue weighted by Crippen LogP contribution is -2.08. The first kappa shape index (κ1) is 14.0. The van der Waals surface area contributed by atoms with Gasteiger partial charge in [-0.25, -0.2) is 9.97 Å². The van der Waals surface area contributed by atoms with Gasteiger partial charge in [-0.05, 0) is 12.0 Å². The molecule has 0 aliphatic carbocycles. The number of hydrogen-bond donors (Lipinski definition) is 1. The highest BCUT2D eigenvalue weighted by molar-refractivity contribution is 5.37. The number of hydrogen-bond acceptors (Lipinski definition) is 4. The third-order valence-corrected chi connectivity index (χ3v) is 3.85. The molecule has 0 amide bonds. The molecule has 2 aromatic rings. The van der Waals surface area contributed by atoms with Gasteiger partial charge >= 0.3 is 0 Å². The molecule has 0 saturated heterocycles. The molecule has 1 aromatic carbocycles. The lowest BCUT2D eigenvalue weighted by molar-refractivity contribution is 0.410. The molecule has 0 atom stereocenters. The van der Waals surface area contributed by atoms with E-state index in [1.54, 1.807) is 7.11 Å². The number of aromatic nitrogens is 2. The molecule has 1 aliphatic rings. The number of nitrogens with zero attached hydrogens (tertiary/aromatic N) is 2. The summed E-state index contributed by atoms with van der Waals surface area (Å²) in [5, 5.41) is 3.37. The molecular weight excluding hydrogens is 262 g/mol. The van der Waals surface area contributed by atoms with Gasteiger partial charge in [-0.15, -0.1) is 0 Å². The summed E-state index contributed by atoms with van der Waals surface area (Å²) in [6.45, 7) is 6.11. The molecule has 1 aliphatic heterocycles. The zero-order chi connectivity index (χ0) is 14.8. The van der Waals surface area contributed by atoms with Crippen molar-refractivity contribution in [3.8, 4) is 5.75 Å². The molecule has 4 nitrogen and oxygen atoms in total. The Balaban J connectivity index is 1.98. The van der Waals surface area contributed by atoms with Gasteiger partial charge < -0.3 is 10.1 Å². The Morgan fingerprint density at radius 3 is 2.76 bits per heavy atom. The van der Waals surface area contributed by atoms with Gasteiger partial charge in [0.15, 0.2) is 0 Å². The van der Waals surface area contributed by atoms with Gasteiger partial charge in [0.2, 0.25) is 0 Å². The minimum absolute atomic E-state index is 0.415. The van der Waals surface area contributed by atoms with E-state index in [1.807, 2.05) is 18.2 Å². The molecule has 4 heteroatoms.